The molecule has 2 N–H and O–H groups in total. The Morgan fingerprint density at radius 3 is 2.41 bits per heavy atom. The van der Waals surface area contributed by atoms with Gasteiger partial charge in [0.1, 0.15) is 17.4 Å². The van der Waals surface area contributed by atoms with E-state index in [-0.39, 0.29) is 52.7 Å². The summed E-state index contributed by atoms with van der Waals surface area (Å²) >= 11 is 6.79. The second kappa shape index (κ2) is 11.4. The first kappa shape index (κ1) is 31.3. The van der Waals surface area contributed by atoms with Crippen LogP contribution >= 0.6 is 11.6 Å². The van der Waals surface area contributed by atoms with Crippen LogP contribution in [0.5, 0.6) is 5.75 Å². The second-order valence-electron chi connectivity index (χ2n) is 12.8. The maximum Gasteiger partial charge on any atom is 0.407 e. The summed E-state index contributed by atoms with van der Waals surface area (Å²) in [7, 11) is 0. The van der Waals surface area contributed by atoms with Gasteiger partial charge in [-0.15, -0.1) is 0 Å². The summed E-state index contributed by atoms with van der Waals surface area (Å²) in [6, 6.07) is 10.5. The van der Waals surface area contributed by atoms with Crippen LogP contribution in [0.4, 0.5) is 15.0 Å². The summed E-state index contributed by atoms with van der Waals surface area (Å²) in [5.74, 6) is -0.698. The number of aromatic nitrogens is 3. The van der Waals surface area contributed by atoms with Gasteiger partial charge in [-0.2, -0.15) is 4.98 Å². The molecule has 0 aliphatic carbocycles. The molecule has 0 bridgehead atoms. The maximum atomic E-state index is 15.1. The van der Waals surface area contributed by atoms with E-state index in [0.29, 0.717) is 16.9 Å². The van der Waals surface area contributed by atoms with E-state index in [0.717, 1.165) is 11.1 Å². The van der Waals surface area contributed by atoms with Gasteiger partial charge in [-0.3, -0.25) is 0 Å². The van der Waals surface area contributed by atoms with Crippen LogP contribution in [-0.4, -0.2) is 60.9 Å². The van der Waals surface area contributed by atoms with Gasteiger partial charge in [0, 0.05) is 19.1 Å². The van der Waals surface area contributed by atoms with Gasteiger partial charge in [-0.05, 0) is 54.5 Å². The van der Waals surface area contributed by atoms with E-state index in [1.54, 1.807) is 6.07 Å². The van der Waals surface area contributed by atoms with E-state index in [1.165, 1.54) is 27.7 Å². The summed E-state index contributed by atoms with van der Waals surface area (Å²) in [4.78, 5) is 39.2. The monoisotopic (exact) mass is 621 g/mol. The van der Waals surface area contributed by atoms with Gasteiger partial charge < -0.3 is 20.0 Å². The van der Waals surface area contributed by atoms with Crippen molar-refractivity contribution < 1.29 is 19.4 Å². The van der Waals surface area contributed by atoms with Crippen molar-refractivity contribution in [3.8, 4) is 22.7 Å². The number of aryl methyl sites for hydroxylation is 1. The van der Waals surface area contributed by atoms with Crippen molar-refractivity contribution in [2.75, 3.05) is 18.0 Å². The van der Waals surface area contributed by atoms with Crippen molar-refractivity contribution in [3.63, 3.8) is 0 Å². The molecule has 2 aromatic carbocycles. The van der Waals surface area contributed by atoms with Gasteiger partial charge in [0.25, 0.3) is 0 Å². The fraction of sp³-hybridized carbons (Fsp3) is 0.394. The zero-order valence-electron chi connectivity index (χ0n) is 25.9. The van der Waals surface area contributed by atoms with Crippen molar-refractivity contribution in [1.29, 1.82) is 0 Å². The van der Waals surface area contributed by atoms with Crippen LogP contribution in [0.1, 0.15) is 58.6 Å². The second-order valence-corrected chi connectivity index (χ2v) is 13.2. The fourth-order valence-electron chi connectivity index (χ4n) is 6.60. The number of pyridine rings is 1. The number of phenols is 1. The number of aromatic hydroxyl groups is 1. The molecule has 1 saturated heterocycles. The molecule has 2 atom stereocenters. The molecule has 0 saturated carbocycles. The molecule has 0 spiro atoms. The predicted molar refractivity (Wildman–Crippen MR) is 171 cm³/mol. The number of carbonyl (C=O) groups is 1. The quantitative estimate of drug-likeness (QED) is 0.253. The minimum Gasteiger partial charge on any atom is -0.507 e. The number of benzene rings is 2. The highest BCUT2D eigenvalue weighted by Crippen LogP contribution is 2.41. The molecule has 1 amide bonds. The Bertz CT molecular complexity index is 1810. The molecule has 4 aromatic rings. The summed E-state index contributed by atoms with van der Waals surface area (Å²) in [5.41, 5.74) is 1.30. The molecule has 232 valence electrons. The Hall–Kier alpha value is -4.18. The Morgan fingerprint density at radius 1 is 1.11 bits per heavy atom. The van der Waals surface area contributed by atoms with Crippen molar-refractivity contribution in [2.24, 2.45) is 5.41 Å². The largest absolute Gasteiger partial charge is 0.507 e. The number of fused-ring (bicyclic) bond motifs is 1. The number of phenolic OH excluding ortho intramolecular Hbond substituents is 1. The van der Waals surface area contributed by atoms with E-state index in [1.807, 2.05) is 71.6 Å². The van der Waals surface area contributed by atoms with E-state index in [9.17, 15) is 19.8 Å². The predicted octanol–water partition coefficient (Wildman–Crippen LogP) is 6.98. The molecule has 3 heterocycles. The van der Waals surface area contributed by atoms with Crippen molar-refractivity contribution in [3.05, 3.63) is 74.9 Å². The third-order valence-electron chi connectivity index (χ3n) is 8.42. The van der Waals surface area contributed by atoms with Crippen molar-refractivity contribution in [1.82, 2.24) is 19.4 Å². The van der Waals surface area contributed by atoms with E-state index >= 15 is 4.39 Å². The zero-order valence-corrected chi connectivity index (χ0v) is 26.6. The summed E-state index contributed by atoms with van der Waals surface area (Å²) in [5, 5.41) is 21.1. The average Bonchev–Trinajstić information content (AvgIpc) is 2.92. The SMILES string of the molecule is Cc1cccc(C(C)C)c1-n1c(=O)nc(N2CCN(C(=O)O)C(C(C)(C)C)[C@@H]2C)c2cc(Cl)c(-c3c(O)cccc3F)nc21. The molecule has 1 aliphatic heterocycles. The summed E-state index contributed by atoms with van der Waals surface area (Å²) in [6.07, 6.45) is -1.01. The number of rotatable bonds is 4. The van der Waals surface area contributed by atoms with Gasteiger partial charge in [0.15, 0.2) is 5.65 Å². The first-order valence-corrected chi connectivity index (χ1v) is 15.0. The number of hydrogen-bond acceptors (Lipinski definition) is 6. The van der Waals surface area contributed by atoms with Crippen LogP contribution < -0.4 is 10.6 Å². The van der Waals surface area contributed by atoms with Crippen LogP contribution in [0, 0.1) is 18.2 Å². The van der Waals surface area contributed by atoms with Crippen molar-refractivity contribution >= 4 is 34.5 Å². The Kier molecular flexibility index (Phi) is 8.09. The molecular weight excluding hydrogens is 585 g/mol. The van der Waals surface area contributed by atoms with Crippen LogP contribution in [0.3, 0.4) is 0 Å². The average molecular weight is 622 g/mol. The lowest BCUT2D eigenvalue weighted by atomic mass is 9.80. The maximum absolute atomic E-state index is 15.1. The number of carboxylic acid groups (broad SMARTS) is 1. The smallest absolute Gasteiger partial charge is 0.407 e. The highest BCUT2D eigenvalue weighted by Gasteiger charge is 2.44. The molecule has 1 fully saturated rings. The number of para-hydroxylation sites is 1. The Balaban J connectivity index is 1.87. The minimum atomic E-state index is -1.01. The van der Waals surface area contributed by atoms with E-state index in [2.05, 4.69) is 4.98 Å². The van der Waals surface area contributed by atoms with E-state index < -0.39 is 29.1 Å². The fourth-order valence-corrected chi connectivity index (χ4v) is 6.84. The normalized spacial score (nSPS) is 17.5. The standard InChI is InChI=1S/C33H37ClFN5O4/c1-17(2)20-11-8-10-18(3)27(20)40-30-21(16-22(34)26(36-30)25-23(35)12-9-13-24(25)41)29(37-31(40)42)38-14-15-39(32(43)44)28(19(38)4)33(5,6)7/h8-13,16-17,19,28,41H,14-15H2,1-7H3,(H,43,44)/t19-,28?/m0/s1. The number of nitrogens with zero attached hydrogens (tertiary/aromatic N) is 5. The number of amides is 1. The third kappa shape index (κ3) is 5.25. The van der Waals surface area contributed by atoms with Gasteiger partial charge in [-0.1, -0.05) is 70.5 Å². The third-order valence-corrected chi connectivity index (χ3v) is 8.70. The summed E-state index contributed by atoms with van der Waals surface area (Å²) < 4.78 is 16.6. The molecule has 1 aliphatic rings. The molecule has 44 heavy (non-hydrogen) atoms. The van der Waals surface area contributed by atoms with Crippen LogP contribution in [-0.2, 0) is 0 Å². The molecular formula is C33H37ClFN5O4. The lowest BCUT2D eigenvalue weighted by Gasteiger charge is -2.51. The van der Waals surface area contributed by atoms with Crippen molar-refractivity contribution in [2.45, 2.75) is 66.5 Å². The zero-order chi connectivity index (χ0) is 32.2. The van der Waals surface area contributed by atoms with Gasteiger partial charge in [0.2, 0.25) is 0 Å². The number of hydrogen-bond donors (Lipinski definition) is 2. The highest BCUT2D eigenvalue weighted by atomic mass is 35.5. The molecule has 5 rings (SSSR count). The lowest BCUT2D eigenvalue weighted by molar-refractivity contribution is 0.0562. The molecule has 1 unspecified atom stereocenters. The van der Waals surface area contributed by atoms with Gasteiger partial charge in [-0.25, -0.2) is 23.5 Å². The molecule has 9 nitrogen and oxygen atoms in total. The summed E-state index contributed by atoms with van der Waals surface area (Å²) in [6.45, 7) is 14.3. The number of anilines is 1. The molecule has 11 heteroatoms. The highest BCUT2D eigenvalue weighted by molar-refractivity contribution is 6.34. The van der Waals surface area contributed by atoms with Gasteiger partial charge >= 0.3 is 11.8 Å². The topological polar surface area (TPSA) is 112 Å². The Morgan fingerprint density at radius 2 is 1.80 bits per heavy atom. The van der Waals surface area contributed by atoms with Gasteiger partial charge in [0.05, 0.1) is 33.4 Å². The minimum absolute atomic E-state index is 0.0175. The van der Waals surface area contributed by atoms with Crippen LogP contribution in [0.25, 0.3) is 28.0 Å². The number of piperazine rings is 1. The molecule has 2 aromatic heterocycles. The van der Waals surface area contributed by atoms with Crippen LogP contribution in [0.2, 0.25) is 5.02 Å². The first-order valence-electron chi connectivity index (χ1n) is 14.6. The molecule has 0 radical (unpaired) electrons. The van der Waals surface area contributed by atoms with E-state index in [4.69, 9.17) is 16.6 Å². The lowest BCUT2D eigenvalue weighted by Crippen LogP contribution is -2.64. The van der Waals surface area contributed by atoms with Crippen LogP contribution in [0.15, 0.2) is 47.3 Å². The Labute approximate surface area is 260 Å². The number of halogens is 2. The first-order chi connectivity index (χ1) is 20.6.